The summed E-state index contributed by atoms with van der Waals surface area (Å²) in [5.41, 5.74) is 2.27. The van der Waals surface area contributed by atoms with E-state index in [0.717, 1.165) is 16.6 Å². The number of nitrogens with one attached hydrogen (secondary N) is 1. The van der Waals surface area contributed by atoms with Crippen LogP contribution in [-0.4, -0.2) is 20.7 Å². The normalized spacial score (nSPS) is 10.7. The van der Waals surface area contributed by atoms with Crippen LogP contribution in [-0.2, 0) is 6.54 Å². The lowest BCUT2D eigenvalue weighted by Crippen LogP contribution is -2.25. The van der Waals surface area contributed by atoms with Crippen LogP contribution in [0.3, 0.4) is 0 Å². The summed E-state index contributed by atoms with van der Waals surface area (Å²) < 4.78 is 1.25. The van der Waals surface area contributed by atoms with Crippen molar-refractivity contribution in [2.75, 3.05) is 5.32 Å². The molecule has 0 aliphatic rings. The van der Waals surface area contributed by atoms with E-state index in [-0.39, 0.29) is 17.2 Å². The number of amides is 1. The highest BCUT2D eigenvalue weighted by Gasteiger charge is 2.12. The molecule has 6 heteroatoms. The van der Waals surface area contributed by atoms with Crippen molar-refractivity contribution in [1.82, 2.24) is 14.8 Å². The number of hydrogen-bond acceptors (Lipinski definition) is 4. The predicted octanol–water partition coefficient (Wildman–Crippen LogP) is 2.37. The molecule has 2 aromatic heterocycles. The Morgan fingerprint density at radius 1 is 1.22 bits per heavy atom. The van der Waals surface area contributed by atoms with Crippen LogP contribution in [0.5, 0.6) is 0 Å². The first-order valence-corrected chi connectivity index (χ1v) is 7.34. The number of pyridine rings is 1. The molecule has 1 N–H and O–H groups in total. The summed E-state index contributed by atoms with van der Waals surface area (Å²) >= 11 is 0. The third kappa shape index (κ3) is 2.96. The van der Waals surface area contributed by atoms with E-state index in [1.54, 1.807) is 6.92 Å². The highest BCUT2D eigenvalue weighted by molar-refractivity contribution is 6.07. The summed E-state index contributed by atoms with van der Waals surface area (Å²) in [6, 6.07) is 12.2. The minimum absolute atomic E-state index is 0.199. The number of nitrogens with zero attached hydrogens (tertiary/aromatic N) is 3. The Labute approximate surface area is 132 Å². The molecule has 1 amide bonds. The molecule has 0 saturated carbocycles. The molecule has 3 rings (SSSR count). The molecule has 3 aromatic rings. The summed E-state index contributed by atoms with van der Waals surface area (Å²) in [6.07, 6.45) is 0. The van der Waals surface area contributed by atoms with Crippen LogP contribution in [0, 0.1) is 6.92 Å². The molecule has 0 fully saturated rings. The van der Waals surface area contributed by atoms with Crippen molar-refractivity contribution < 1.29 is 4.79 Å². The fourth-order valence-corrected chi connectivity index (χ4v) is 2.39. The standard InChI is InChI=1S/C17H16N4O2/c1-3-21-16(22)9-8-14(20-21)17(23)19-15-10-11(2)18-13-7-5-4-6-12(13)15/h4-10H,3H2,1-2H3,(H,18,19,23). The van der Waals surface area contributed by atoms with Gasteiger partial charge in [0.1, 0.15) is 5.69 Å². The summed E-state index contributed by atoms with van der Waals surface area (Å²) in [5.74, 6) is -0.358. The van der Waals surface area contributed by atoms with E-state index < -0.39 is 0 Å². The van der Waals surface area contributed by atoms with Gasteiger partial charge in [0.25, 0.3) is 11.5 Å². The maximum Gasteiger partial charge on any atom is 0.276 e. The predicted molar refractivity (Wildman–Crippen MR) is 88.6 cm³/mol. The van der Waals surface area contributed by atoms with Crippen molar-refractivity contribution in [3.8, 4) is 0 Å². The Hall–Kier alpha value is -3.02. The zero-order chi connectivity index (χ0) is 16.4. The van der Waals surface area contributed by atoms with Gasteiger partial charge in [-0.3, -0.25) is 14.6 Å². The molecule has 0 spiro atoms. The Morgan fingerprint density at radius 3 is 2.78 bits per heavy atom. The van der Waals surface area contributed by atoms with Crippen LogP contribution in [0.2, 0.25) is 0 Å². The highest BCUT2D eigenvalue weighted by Crippen LogP contribution is 2.23. The van der Waals surface area contributed by atoms with E-state index in [0.29, 0.717) is 12.2 Å². The smallest absolute Gasteiger partial charge is 0.276 e. The van der Waals surface area contributed by atoms with E-state index >= 15 is 0 Å². The lowest BCUT2D eigenvalue weighted by molar-refractivity contribution is 0.102. The van der Waals surface area contributed by atoms with Crippen LogP contribution >= 0.6 is 0 Å². The van der Waals surface area contributed by atoms with Crippen LogP contribution in [0.4, 0.5) is 5.69 Å². The molecule has 0 atom stereocenters. The van der Waals surface area contributed by atoms with Gasteiger partial charge >= 0.3 is 0 Å². The van der Waals surface area contributed by atoms with Gasteiger partial charge in [-0.15, -0.1) is 0 Å². The second-order valence-corrected chi connectivity index (χ2v) is 5.16. The van der Waals surface area contributed by atoms with Gasteiger partial charge in [0.15, 0.2) is 0 Å². The fourth-order valence-electron chi connectivity index (χ4n) is 2.39. The number of aromatic nitrogens is 3. The number of carbonyl (C=O) groups excluding carboxylic acids is 1. The molecule has 0 radical (unpaired) electrons. The SMILES string of the molecule is CCn1nc(C(=O)Nc2cc(C)nc3ccccc23)ccc1=O. The molecule has 23 heavy (non-hydrogen) atoms. The topological polar surface area (TPSA) is 76.9 Å². The number of fused-ring (bicyclic) bond motifs is 1. The minimum atomic E-state index is -0.358. The second kappa shape index (κ2) is 6.00. The molecule has 116 valence electrons. The van der Waals surface area contributed by atoms with E-state index in [4.69, 9.17) is 0 Å². The molecule has 0 aliphatic carbocycles. The number of anilines is 1. The van der Waals surface area contributed by atoms with Crippen LogP contribution in [0.25, 0.3) is 10.9 Å². The zero-order valence-electron chi connectivity index (χ0n) is 12.9. The molecular formula is C17H16N4O2. The van der Waals surface area contributed by atoms with Crippen LogP contribution in [0.1, 0.15) is 23.1 Å². The number of benzene rings is 1. The van der Waals surface area contributed by atoms with Crippen LogP contribution < -0.4 is 10.9 Å². The Balaban J connectivity index is 1.99. The number of carbonyl (C=O) groups is 1. The first-order valence-electron chi connectivity index (χ1n) is 7.34. The maximum absolute atomic E-state index is 12.4. The summed E-state index contributed by atoms with van der Waals surface area (Å²) in [5, 5.41) is 7.78. The lowest BCUT2D eigenvalue weighted by Gasteiger charge is -2.10. The van der Waals surface area contributed by atoms with Crippen molar-refractivity contribution in [3.05, 3.63) is 64.2 Å². The van der Waals surface area contributed by atoms with Gasteiger partial charge in [0.2, 0.25) is 0 Å². The number of hydrogen-bond donors (Lipinski definition) is 1. The van der Waals surface area contributed by atoms with Gasteiger partial charge in [-0.1, -0.05) is 18.2 Å². The molecule has 0 saturated heterocycles. The van der Waals surface area contributed by atoms with Gasteiger partial charge in [-0.05, 0) is 32.0 Å². The number of aryl methyl sites for hydroxylation is 2. The summed E-state index contributed by atoms with van der Waals surface area (Å²) in [6.45, 7) is 4.09. The molecule has 0 aliphatic heterocycles. The third-order valence-corrected chi connectivity index (χ3v) is 3.49. The average Bonchev–Trinajstić information content (AvgIpc) is 2.55. The molecule has 0 unspecified atom stereocenters. The minimum Gasteiger partial charge on any atom is -0.320 e. The van der Waals surface area contributed by atoms with Crippen molar-refractivity contribution in [1.29, 1.82) is 0 Å². The van der Waals surface area contributed by atoms with Gasteiger partial charge in [-0.2, -0.15) is 5.10 Å². The van der Waals surface area contributed by atoms with E-state index in [1.165, 1.54) is 16.8 Å². The maximum atomic E-state index is 12.4. The fraction of sp³-hybridized carbons (Fsp3) is 0.176. The molecule has 6 nitrogen and oxygen atoms in total. The number of rotatable bonds is 3. The van der Waals surface area contributed by atoms with Gasteiger partial charge in [0, 0.05) is 23.7 Å². The first-order chi connectivity index (χ1) is 11.1. The van der Waals surface area contributed by atoms with Crippen LogP contribution in [0.15, 0.2) is 47.3 Å². The van der Waals surface area contributed by atoms with Gasteiger partial charge in [-0.25, -0.2) is 4.68 Å². The van der Waals surface area contributed by atoms with Gasteiger partial charge in [0.05, 0.1) is 11.2 Å². The first kappa shape index (κ1) is 14.9. The largest absolute Gasteiger partial charge is 0.320 e. The molecule has 2 heterocycles. The average molecular weight is 308 g/mol. The Kier molecular flexibility index (Phi) is 3.89. The molecule has 1 aromatic carbocycles. The molecular weight excluding hydrogens is 292 g/mol. The quantitative estimate of drug-likeness (QED) is 0.806. The lowest BCUT2D eigenvalue weighted by atomic mass is 10.1. The van der Waals surface area contributed by atoms with Crippen molar-refractivity contribution in [2.24, 2.45) is 0 Å². The van der Waals surface area contributed by atoms with Gasteiger partial charge < -0.3 is 5.32 Å². The van der Waals surface area contributed by atoms with Crippen molar-refractivity contribution >= 4 is 22.5 Å². The summed E-state index contributed by atoms with van der Waals surface area (Å²) in [4.78, 5) is 28.4. The Bertz CT molecular complexity index is 947. The van der Waals surface area contributed by atoms with E-state index in [1.807, 2.05) is 37.3 Å². The summed E-state index contributed by atoms with van der Waals surface area (Å²) in [7, 11) is 0. The number of para-hydroxylation sites is 1. The van der Waals surface area contributed by atoms with E-state index in [2.05, 4.69) is 15.4 Å². The monoisotopic (exact) mass is 308 g/mol. The highest BCUT2D eigenvalue weighted by atomic mass is 16.2. The second-order valence-electron chi connectivity index (χ2n) is 5.16. The Morgan fingerprint density at radius 2 is 2.00 bits per heavy atom. The zero-order valence-corrected chi connectivity index (χ0v) is 12.9. The van der Waals surface area contributed by atoms with Crippen molar-refractivity contribution in [3.63, 3.8) is 0 Å². The molecule has 0 bridgehead atoms. The third-order valence-electron chi connectivity index (χ3n) is 3.49. The van der Waals surface area contributed by atoms with E-state index in [9.17, 15) is 9.59 Å². The van der Waals surface area contributed by atoms with Crippen molar-refractivity contribution in [2.45, 2.75) is 20.4 Å².